The van der Waals surface area contributed by atoms with Crippen LogP contribution in [-0.2, 0) is 14.3 Å². The molecule has 0 bridgehead atoms. The zero-order chi connectivity index (χ0) is 15.4. The number of carboxylic acid groups (broad SMARTS) is 1. The van der Waals surface area contributed by atoms with Gasteiger partial charge in [0.2, 0.25) is 5.91 Å². The molecule has 2 unspecified atom stereocenters. The van der Waals surface area contributed by atoms with E-state index in [1.165, 1.54) is 6.08 Å². The van der Waals surface area contributed by atoms with Crippen molar-refractivity contribution < 1.29 is 19.4 Å². The quantitative estimate of drug-likeness (QED) is 0.833. The summed E-state index contributed by atoms with van der Waals surface area (Å²) in [6.07, 6.45) is 2.99. The van der Waals surface area contributed by atoms with Crippen molar-refractivity contribution in [3.05, 3.63) is 40.4 Å². The maximum absolute atomic E-state index is 11.8. The van der Waals surface area contributed by atoms with Gasteiger partial charge in [0.05, 0.1) is 19.3 Å². The lowest BCUT2D eigenvalue weighted by Crippen LogP contribution is -2.41. The highest BCUT2D eigenvalue weighted by Crippen LogP contribution is 2.17. The fraction of sp³-hybridized carbons (Fsp3) is 0.333. The monoisotopic (exact) mass is 309 g/mol. The number of carboxylic acids is 1. The third-order valence-electron chi connectivity index (χ3n) is 3.35. The van der Waals surface area contributed by atoms with Crippen LogP contribution in [0.15, 0.2) is 24.3 Å². The number of benzene rings is 1. The molecule has 2 N–H and O–H groups in total. The Labute approximate surface area is 127 Å². The zero-order valence-electron chi connectivity index (χ0n) is 11.5. The fourth-order valence-electron chi connectivity index (χ4n) is 2.06. The zero-order valence-corrected chi connectivity index (χ0v) is 12.3. The van der Waals surface area contributed by atoms with E-state index in [9.17, 15) is 9.59 Å². The lowest BCUT2D eigenvalue weighted by Gasteiger charge is -2.14. The standard InChI is InChI=1S/C15H16ClNO4/c1-9-2-3-10(6-12(9)16)4-5-14(18)17-13-8-21-7-11(13)15(19)20/h2-6,11,13H,7-8H2,1H3,(H,17,18)(H,19,20). The number of hydrogen-bond donors (Lipinski definition) is 2. The molecular weight excluding hydrogens is 294 g/mol. The Bertz CT molecular complexity index is 585. The van der Waals surface area contributed by atoms with Crippen LogP contribution in [0, 0.1) is 12.8 Å². The Morgan fingerprint density at radius 2 is 2.19 bits per heavy atom. The molecule has 1 amide bonds. The van der Waals surface area contributed by atoms with E-state index >= 15 is 0 Å². The molecule has 0 aliphatic carbocycles. The van der Waals surface area contributed by atoms with Crippen LogP contribution in [0.1, 0.15) is 11.1 Å². The molecule has 1 aromatic rings. The van der Waals surface area contributed by atoms with Gasteiger partial charge in [-0.1, -0.05) is 23.7 Å². The first-order valence-corrected chi connectivity index (χ1v) is 6.90. The van der Waals surface area contributed by atoms with Gasteiger partial charge in [-0.15, -0.1) is 0 Å². The second kappa shape index (κ2) is 6.74. The third kappa shape index (κ3) is 4.06. The molecule has 1 aromatic carbocycles. The van der Waals surface area contributed by atoms with Crippen LogP contribution in [0.25, 0.3) is 6.08 Å². The molecular formula is C15H16ClNO4. The van der Waals surface area contributed by atoms with Crippen LogP contribution in [0.5, 0.6) is 0 Å². The van der Waals surface area contributed by atoms with Gasteiger partial charge in [-0.05, 0) is 30.2 Å². The van der Waals surface area contributed by atoms with E-state index < -0.39 is 17.9 Å². The van der Waals surface area contributed by atoms with E-state index in [4.69, 9.17) is 21.4 Å². The van der Waals surface area contributed by atoms with Gasteiger partial charge in [0.15, 0.2) is 0 Å². The average molecular weight is 310 g/mol. The smallest absolute Gasteiger partial charge is 0.311 e. The van der Waals surface area contributed by atoms with Crippen molar-refractivity contribution in [2.75, 3.05) is 13.2 Å². The van der Waals surface area contributed by atoms with Crippen molar-refractivity contribution in [3.8, 4) is 0 Å². The molecule has 0 aromatic heterocycles. The maximum atomic E-state index is 11.8. The van der Waals surface area contributed by atoms with Gasteiger partial charge < -0.3 is 15.2 Å². The number of carbonyl (C=O) groups is 2. The summed E-state index contributed by atoms with van der Waals surface area (Å²) < 4.78 is 5.09. The molecule has 1 aliphatic rings. The molecule has 0 saturated carbocycles. The molecule has 2 rings (SSSR count). The SMILES string of the molecule is Cc1ccc(C=CC(=O)NC2COCC2C(=O)O)cc1Cl. The van der Waals surface area contributed by atoms with E-state index in [2.05, 4.69) is 5.32 Å². The number of hydrogen-bond acceptors (Lipinski definition) is 3. The summed E-state index contributed by atoms with van der Waals surface area (Å²) >= 11 is 6.00. The Balaban J connectivity index is 1.96. The van der Waals surface area contributed by atoms with Crippen molar-refractivity contribution >= 4 is 29.6 Å². The number of halogens is 1. The lowest BCUT2D eigenvalue weighted by molar-refractivity contribution is -0.142. The predicted octanol–water partition coefficient (Wildman–Crippen LogP) is 1.88. The number of amides is 1. The summed E-state index contributed by atoms with van der Waals surface area (Å²) in [5.41, 5.74) is 1.77. The van der Waals surface area contributed by atoms with Crippen molar-refractivity contribution in [2.24, 2.45) is 5.92 Å². The summed E-state index contributed by atoms with van der Waals surface area (Å²) in [7, 11) is 0. The van der Waals surface area contributed by atoms with Gasteiger partial charge in [0.1, 0.15) is 5.92 Å². The van der Waals surface area contributed by atoms with Gasteiger partial charge in [-0.25, -0.2) is 0 Å². The molecule has 2 atom stereocenters. The number of aliphatic carboxylic acids is 1. The lowest BCUT2D eigenvalue weighted by atomic mass is 10.0. The Morgan fingerprint density at radius 1 is 1.43 bits per heavy atom. The van der Waals surface area contributed by atoms with Crippen molar-refractivity contribution in [3.63, 3.8) is 0 Å². The maximum Gasteiger partial charge on any atom is 0.311 e. The van der Waals surface area contributed by atoms with Crippen molar-refractivity contribution in [2.45, 2.75) is 13.0 Å². The minimum atomic E-state index is -0.966. The largest absolute Gasteiger partial charge is 0.481 e. The summed E-state index contributed by atoms with van der Waals surface area (Å²) in [4.78, 5) is 22.8. The summed E-state index contributed by atoms with van der Waals surface area (Å²) in [6.45, 7) is 2.24. The average Bonchev–Trinajstić information content (AvgIpc) is 2.88. The first-order chi connectivity index (χ1) is 9.97. The third-order valence-corrected chi connectivity index (χ3v) is 3.76. The molecule has 112 valence electrons. The minimum absolute atomic E-state index is 0.123. The number of rotatable bonds is 4. The molecule has 0 radical (unpaired) electrons. The highest BCUT2D eigenvalue weighted by atomic mass is 35.5. The van der Waals surface area contributed by atoms with E-state index in [1.807, 2.05) is 19.1 Å². The molecule has 1 aliphatic heterocycles. The Hall–Kier alpha value is -1.85. The topological polar surface area (TPSA) is 75.6 Å². The summed E-state index contributed by atoms with van der Waals surface area (Å²) in [5.74, 6) is -2.02. The first kappa shape index (κ1) is 15.5. The summed E-state index contributed by atoms with van der Waals surface area (Å²) in [5, 5.41) is 12.3. The van der Waals surface area contributed by atoms with Gasteiger partial charge in [-0.3, -0.25) is 9.59 Å². The van der Waals surface area contributed by atoms with Gasteiger partial charge in [-0.2, -0.15) is 0 Å². The number of nitrogens with one attached hydrogen (secondary N) is 1. The van der Waals surface area contributed by atoms with Crippen LogP contribution in [0.3, 0.4) is 0 Å². The second-order valence-corrected chi connectivity index (χ2v) is 5.35. The highest BCUT2D eigenvalue weighted by Gasteiger charge is 2.34. The fourth-order valence-corrected chi connectivity index (χ4v) is 2.24. The van der Waals surface area contributed by atoms with Crippen LogP contribution >= 0.6 is 11.6 Å². The van der Waals surface area contributed by atoms with E-state index in [1.54, 1.807) is 12.1 Å². The summed E-state index contributed by atoms with van der Waals surface area (Å²) in [6, 6.07) is 4.98. The molecule has 21 heavy (non-hydrogen) atoms. The molecule has 5 nitrogen and oxygen atoms in total. The first-order valence-electron chi connectivity index (χ1n) is 6.52. The van der Waals surface area contributed by atoms with E-state index in [0.29, 0.717) is 5.02 Å². The normalized spacial score (nSPS) is 21.6. The second-order valence-electron chi connectivity index (χ2n) is 4.94. The highest BCUT2D eigenvalue weighted by molar-refractivity contribution is 6.31. The van der Waals surface area contributed by atoms with Crippen molar-refractivity contribution in [1.82, 2.24) is 5.32 Å². The van der Waals surface area contributed by atoms with Crippen LogP contribution in [-0.4, -0.2) is 36.2 Å². The molecule has 6 heteroatoms. The molecule has 1 saturated heterocycles. The van der Waals surface area contributed by atoms with Crippen LogP contribution in [0.2, 0.25) is 5.02 Å². The minimum Gasteiger partial charge on any atom is -0.481 e. The van der Waals surface area contributed by atoms with Gasteiger partial charge >= 0.3 is 5.97 Å². The molecule has 1 heterocycles. The van der Waals surface area contributed by atoms with Gasteiger partial charge in [0.25, 0.3) is 0 Å². The van der Waals surface area contributed by atoms with Crippen LogP contribution in [0.4, 0.5) is 0 Å². The predicted molar refractivity (Wildman–Crippen MR) is 79.1 cm³/mol. The molecule has 1 fully saturated rings. The Morgan fingerprint density at radius 3 is 2.86 bits per heavy atom. The number of aryl methyl sites for hydroxylation is 1. The van der Waals surface area contributed by atoms with E-state index in [0.717, 1.165) is 11.1 Å². The number of ether oxygens (including phenoxy) is 1. The number of carbonyl (C=O) groups excluding carboxylic acids is 1. The van der Waals surface area contributed by atoms with E-state index in [-0.39, 0.29) is 19.1 Å². The van der Waals surface area contributed by atoms with Gasteiger partial charge in [0, 0.05) is 11.1 Å². The van der Waals surface area contributed by atoms with Crippen molar-refractivity contribution in [1.29, 1.82) is 0 Å². The molecule has 0 spiro atoms. The Kier molecular flexibility index (Phi) is 4.98. The van der Waals surface area contributed by atoms with Crippen LogP contribution < -0.4 is 5.32 Å².